The van der Waals surface area contributed by atoms with Gasteiger partial charge in [-0.25, -0.2) is 4.79 Å². The Labute approximate surface area is 194 Å². The summed E-state index contributed by atoms with van der Waals surface area (Å²) in [6.07, 6.45) is 1.82. The number of benzene rings is 2. The summed E-state index contributed by atoms with van der Waals surface area (Å²) in [6, 6.07) is 9.77. The molecular weight excluding hydrogens is 422 g/mol. The van der Waals surface area contributed by atoms with E-state index >= 15 is 0 Å². The molecule has 0 radical (unpaired) electrons. The molecule has 2 aromatic carbocycles. The van der Waals surface area contributed by atoms with Gasteiger partial charge in [0.25, 0.3) is 0 Å². The summed E-state index contributed by atoms with van der Waals surface area (Å²) in [7, 11) is 6.81. The van der Waals surface area contributed by atoms with E-state index in [1.807, 2.05) is 50.4 Å². The number of hydrogen-bond donors (Lipinski definition) is 0. The van der Waals surface area contributed by atoms with Gasteiger partial charge in [-0.05, 0) is 50.6 Å². The first kappa shape index (κ1) is 24.2. The number of esters is 1. The van der Waals surface area contributed by atoms with Crippen LogP contribution in [0.4, 0.5) is 0 Å². The SMILES string of the molecule is CCOC(=O)/C(C)=C/c1cc(OC)c(OCOC)c2c(C)c(-c3cccc(OC)c3)n(C)c12. The highest BCUT2D eigenvalue weighted by molar-refractivity contribution is 6.04. The maximum absolute atomic E-state index is 12.3. The van der Waals surface area contributed by atoms with E-state index in [9.17, 15) is 4.79 Å². The Morgan fingerprint density at radius 1 is 1.12 bits per heavy atom. The van der Waals surface area contributed by atoms with Crippen LogP contribution in [0.5, 0.6) is 17.2 Å². The topological polar surface area (TPSA) is 68.2 Å². The summed E-state index contributed by atoms with van der Waals surface area (Å²) in [5, 5.41) is 0.884. The number of aryl methyl sites for hydroxylation is 2. The summed E-state index contributed by atoms with van der Waals surface area (Å²) in [5.41, 5.74) is 5.22. The van der Waals surface area contributed by atoms with E-state index in [1.54, 1.807) is 35.2 Å². The molecule has 0 saturated carbocycles. The van der Waals surface area contributed by atoms with Gasteiger partial charge in [0.1, 0.15) is 5.75 Å². The first-order valence-corrected chi connectivity index (χ1v) is 10.7. The van der Waals surface area contributed by atoms with Crippen molar-refractivity contribution in [3.05, 3.63) is 47.0 Å². The van der Waals surface area contributed by atoms with E-state index in [4.69, 9.17) is 23.7 Å². The normalized spacial score (nSPS) is 11.5. The fourth-order valence-corrected chi connectivity index (χ4v) is 4.08. The number of carbonyl (C=O) groups excluding carboxylic acids is 1. The molecule has 0 atom stereocenters. The van der Waals surface area contributed by atoms with E-state index in [-0.39, 0.29) is 12.8 Å². The summed E-state index contributed by atoms with van der Waals surface area (Å²) in [4.78, 5) is 12.3. The molecule has 0 aliphatic rings. The number of carbonyl (C=O) groups is 1. The van der Waals surface area contributed by atoms with Crippen molar-refractivity contribution in [2.45, 2.75) is 20.8 Å². The number of rotatable bonds is 9. The Morgan fingerprint density at radius 2 is 1.88 bits per heavy atom. The molecule has 7 nitrogen and oxygen atoms in total. The molecule has 3 aromatic rings. The Hall–Kier alpha value is -3.45. The lowest BCUT2D eigenvalue weighted by Gasteiger charge is -2.14. The highest BCUT2D eigenvalue weighted by Crippen LogP contribution is 2.45. The first-order chi connectivity index (χ1) is 15.9. The summed E-state index contributed by atoms with van der Waals surface area (Å²) < 4.78 is 29.5. The lowest BCUT2D eigenvalue weighted by molar-refractivity contribution is -0.138. The Bertz CT molecular complexity index is 1190. The molecule has 0 bridgehead atoms. The van der Waals surface area contributed by atoms with Crippen molar-refractivity contribution in [1.82, 2.24) is 4.57 Å². The molecule has 0 spiro atoms. The quantitative estimate of drug-likeness (QED) is 0.254. The van der Waals surface area contributed by atoms with Crippen LogP contribution in [0.2, 0.25) is 0 Å². The minimum absolute atomic E-state index is 0.0747. The molecule has 7 heteroatoms. The molecule has 1 aromatic heterocycles. The van der Waals surface area contributed by atoms with E-state index in [0.29, 0.717) is 23.7 Å². The van der Waals surface area contributed by atoms with Gasteiger partial charge in [0, 0.05) is 36.2 Å². The molecular formula is C26H31NO6. The fraction of sp³-hybridized carbons (Fsp3) is 0.346. The van der Waals surface area contributed by atoms with Gasteiger partial charge in [0.05, 0.1) is 32.0 Å². The number of aromatic nitrogens is 1. The van der Waals surface area contributed by atoms with Gasteiger partial charge in [0.15, 0.2) is 18.3 Å². The Kier molecular flexibility index (Phi) is 7.66. The molecule has 0 aliphatic heterocycles. The van der Waals surface area contributed by atoms with Gasteiger partial charge in [0.2, 0.25) is 0 Å². The third kappa shape index (κ3) is 4.68. The smallest absolute Gasteiger partial charge is 0.333 e. The average Bonchev–Trinajstić information content (AvgIpc) is 3.08. The van der Waals surface area contributed by atoms with Crippen LogP contribution >= 0.6 is 0 Å². The lowest BCUT2D eigenvalue weighted by atomic mass is 10.0. The van der Waals surface area contributed by atoms with Crippen LogP contribution in [-0.2, 0) is 21.3 Å². The maximum Gasteiger partial charge on any atom is 0.333 e. The van der Waals surface area contributed by atoms with Crippen molar-refractivity contribution in [2.75, 3.05) is 34.7 Å². The second-order valence-electron chi connectivity index (χ2n) is 7.58. The van der Waals surface area contributed by atoms with Crippen LogP contribution in [0.25, 0.3) is 28.2 Å². The van der Waals surface area contributed by atoms with Crippen molar-refractivity contribution >= 4 is 22.9 Å². The largest absolute Gasteiger partial charge is 0.497 e. The molecule has 33 heavy (non-hydrogen) atoms. The van der Waals surface area contributed by atoms with E-state index in [0.717, 1.165) is 39.0 Å². The first-order valence-electron chi connectivity index (χ1n) is 10.7. The van der Waals surface area contributed by atoms with Crippen LogP contribution in [0, 0.1) is 6.92 Å². The summed E-state index contributed by atoms with van der Waals surface area (Å²) in [5.74, 6) is 1.54. The van der Waals surface area contributed by atoms with Crippen molar-refractivity contribution in [3.63, 3.8) is 0 Å². The second-order valence-corrected chi connectivity index (χ2v) is 7.58. The molecule has 0 unspecified atom stereocenters. The third-order valence-corrected chi connectivity index (χ3v) is 5.50. The summed E-state index contributed by atoms with van der Waals surface area (Å²) in [6.45, 7) is 5.96. The number of ether oxygens (including phenoxy) is 5. The monoisotopic (exact) mass is 453 g/mol. The predicted molar refractivity (Wildman–Crippen MR) is 129 cm³/mol. The van der Waals surface area contributed by atoms with E-state index in [2.05, 4.69) is 4.57 Å². The highest BCUT2D eigenvalue weighted by Gasteiger charge is 2.24. The number of nitrogens with zero attached hydrogens (tertiary/aromatic N) is 1. The van der Waals surface area contributed by atoms with Crippen molar-refractivity contribution in [1.29, 1.82) is 0 Å². The molecule has 3 rings (SSSR count). The van der Waals surface area contributed by atoms with E-state index in [1.165, 1.54) is 0 Å². The van der Waals surface area contributed by atoms with Crippen LogP contribution in [0.3, 0.4) is 0 Å². The molecule has 0 N–H and O–H groups in total. The van der Waals surface area contributed by atoms with Crippen LogP contribution in [0.15, 0.2) is 35.9 Å². The van der Waals surface area contributed by atoms with Crippen LogP contribution in [0.1, 0.15) is 25.0 Å². The summed E-state index contributed by atoms with van der Waals surface area (Å²) >= 11 is 0. The van der Waals surface area contributed by atoms with Gasteiger partial charge >= 0.3 is 5.97 Å². The van der Waals surface area contributed by atoms with E-state index < -0.39 is 0 Å². The predicted octanol–water partition coefficient (Wildman–Crippen LogP) is 5.12. The fourth-order valence-electron chi connectivity index (χ4n) is 4.08. The molecule has 0 fully saturated rings. The zero-order valence-corrected chi connectivity index (χ0v) is 20.3. The number of fused-ring (bicyclic) bond motifs is 1. The van der Waals surface area contributed by atoms with Crippen molar-refractivity contribution < 1.29 is 28.5 Å². The van der Waals surface area contributed by atoms with Crippen molar-refractivity contribution in [2.24, 2.45) is 7.05 Å². The third-order valence-electron chi connectivity index (χ3n) is 5.50. The standard InChI is InChI=1S/C26H31NO6/c1-8-32-26(28)16(2)12-19-14-21(31-7)25(33-15-29-5)22-17(3)23(27(4)24(19)22)18-10-9-11-20(13-18)30-6/h9-14H,8,15H2,1-7H3/b16-12+. The Morgan fingerprint density at radius 3 is 2.52 bits per heavy atom. The van der Waals surface area contributed by atoms with Crippen molar-refractivity contribution in [3.8, 4) is 28.5 Å². The van der Waals surface area contributed by atoms with Crippen LogP contribution in [-0.4, -0.2) is 45.3 Å². The number of methoxy groups -OCH3 is 3. The molecule has 0 aliphatic carbocycles. The number of hydrogen-bond acceptors (Lipinski definition) is 6. The minimum atomic E-state index is -0.358. The second kappa shape index (κ2) is 10.4. The zero-order chi connectivity index (χ0) is 24.1. The molecule has 176 valence electrons. The van der Waals surface area contributed by atoms with Gasteiger partial charge in [-0.3, -0.25) is 0 Å². The average molecular weight is 454 g/mol. The van der Waals surface area contributed by atoms with Gasteiger partial charge in [-0.15, -0.1) is 0 Å². The lowest BCUT2D eigenvalue weighted by Crippen LogP contribution is -2.05. The maximum atomic E-state index is 12.3. The van der Waals surface area contributed by atoms with Gasteiger partial charge < -0.3 is 28.3 Å². The zero-order valence-electron chi connectivity index (χ0n) is 20.3. The minimum Gasteiger partial charge on any atom is -0.497 e. The van der Waals surface area contributed by atoms with Crippen LogP contribution < -0.4 is 14.2 Å². The molecule has 0 amide bonds. The molecule has 1 heterocycles. The Balaban J connectivity index is 2.38. The van der Waals surface area contributed by atoms with Gasteiger partial charge in [-0.1, -0.05) is 12.1 Å². The highest BCUT2D eigenvalue weighted by atomic mass is 16.7. The molecule has 0 saturated heterocycles. The van der Waals surface area contributed by atoms with Gasteiger partial charge in [-0.2, -0.15) is 0 Å².